The van der Waals surface area contributed by atoms with Gasteiger partial charge in [0.15, 0.2) is 17.5 Å². The van der Waals surface area contributed by atoms with Crippen LogP contribution in [0.25, 0.3) is 5.65 Å². The normalized spacial score (nSPS) is 11.4. The maximum Gasteiger partial charge on any atom is 0.387 e. The topological polar surface area (TPSA) is 72.2 Å². The van der Waals surface area contributed by atoms with E-state index in [0.717, 1.165) is 16.9 Å². The van der Waals surface area contributed by atoms with Crippen molar-refractivity contribution in [3.8, 4) is 11.5 Å². The Morgan fingerprint density at radius 2 is 2.00 bits per heavy atom. The third-order valence-electron chi connectivity index (χ3n) is 4.72. The van der Waals surface area contributed by atoms with Crippen molar-refractivity contribution < 1.29 is 18.3 Å². The summed E-state index contributed by atoms with van der Waals surface area (Å²) in [4.78, 5) is 9.21. The first-order valence-corrected chi connectivity index (χ1v) is 10.7. The van der Waals surface area contributed by atoms with Gasteiger partial charge in [-0.25, -0.2) is 9.98 Å². The van der Waals surface area contributed by atoms with Gasteiger partial charge in [0.25, 0.3) is 0 Å². The van der Waals surface area contributed by atoms with E-state index in [2.05, 4.69) is 20.6 Å². The molecule has 0 aliphatic carbocycles. The van der Waals surface area contributed by atoms with Crippen LogP contribution < -0.4 is 20.1 Å². The number of nitrogens with zero attached hydrogens (tertiary/aromatic N) is 3. The Balaban J connectivity index is 0.00000385. The minimum atomic E-state index is -2.94. The fourth-order valence-electron chi connectivity index (χ4n) is 3.32. The summed E-state index contributed by atoms with van der Waals surface area (Å²) in [5, 5.41) is 6.44. The predicted molar refractivity (Wildman–Crippen MR) is 136 cm³/mol. The van der Waals surface area contributed by atoms with E-state index in [4.69, 9.17) is 9.47 Å². The molecule has 0 atom stereocenters. The van der Waals surface area contributed by atoms with Crippen LogP contribution in [0, 0.1) is 6.92 Å². The van der Waals surface area contributed by atoms with Crippen molar-refractivity contribution in [3.63, 3.8) is 0 Å². The van der Waals surface area contributed by atoms with Gasteiger partial charge in [-0.1, -0.05) is 18.2 Å². The first-order valence-electron chi connectivity index (χ1n) is 10.7. The Labute approximate surface area is 209 Å². The summed E-state index contributed by atoms with van der Waals surface area (Å²) in [5.74, 6) is 0.877. The maximum atomic E-state index is 12.9. The number of fused-ring (bicyclic) bond motifs is 1. The van der Waals surface area contributed by atoms with Crippen LogP contribution in [0.1, 0.15) is 30.7 Å². The van der Waals surface area contributed by atoms with Crippen LogP contribution in [-0.4, -0.2) is 41.7 Å². The van der Waals surface area contributed by atoms with Crippen molar-refractivity contribution in [3.05, 3.63) is 59.5 Å². The van der Waals surface area contributed by atoms with Gasteiger partial charge in [-0.3, -0.25) is 0 Å². The molecule has 180 valence electrons. The number of alkyl halides is 2. The first kappa shape index (κ1) is 26.6. The third kappa shape index (κ3) is 7.44. The van der Waals surface area contributed by atoms with Crippen molar-refractivity contribution in [2.75, 3.05) is 19.7 Å². The molecule has 0 aliphatic rings. The molecule has 10 heteroatoms. The monoisotopic (exact) mass is 573 g/mol. The average molecular weight is 573 g/mol. The molecular formula is C23H30F2IN5O2. The Morgan fingerprint density at radius 3 is 2.70 bits per heavy atom. The zero-order valence-electron chi connectivity index (χ0n) is 19.0. The van der Waals surface area contributed by atoms with E-state index in [1.807, 2.05) is 42.8 Å². The minimum absolute atomic E-state index is 0. The van der Waals surface area contributed by atoms with Crippen molar-refractivity contribution in [2.24, 2.45) is 4.99 Å². The fourth-order valence-corrected chi connectivity index (χ4v) is 3.32. The van der Waals surface area contributed by atoms with Gasteiger partial charge in [0.2, 0.25) is 0 Å². The fraction of sp³-hybridized carbons (Fsp3) is 0.391. The number of hydrogen-bond donors (Lipinski definition) is 2. The second kappa shape index (κ2) is 13.2. The highest BCUT2D eigenvalue weighted by Gasteiger charge is 2.15. The summed E-state index contributed by atoms with van der Waals surface area (Å²) >= 11 is 0. The van der Waals surface area contributed by atoms with Gasteiger partial charge in [-0.2, -0.15) is 8.78 Å². The van der Waals surface area contributed by atoms with Crippen LogP contribution in [0.3, 0.4) is 0 Å². The standard InChI is InChI=1S/C23H29F2N5O2.HI/c1-4-26-23(27-12-11-18-15-30-13-7-8-16(3)21(30)29-18)28-14-17-9-6-10-19(31-5-2)20(17)32-22(24)25;/h6-10,13,15,22H,4-5,11-12,14H2,1-3H3,(H2,26,27,28);1H. The molecular weight excluding hydrogens is 543 g/mol. The summed E-state index contributed by atoms with van der Waals surface area (Å²) in [6.45, 7) is 4.63. The van der Waals surface area contributed by atoms with E-state index in [1.54, 1.807) is 25.1 Å². The number of halogens is 3. The second-order valence-electron chi connectivity index (χ2n) is 7.08. The number of para-hydroxylation sites is 1. The Hall–Kier alpha value is -2.63. The first-order chi connectivity index (χ1) is 15.5. The van der Waals surface area contributed by atoms with Crippen LogP contribution in [0.2, 0.25) is 0 Å². The SMILES string of the molecule is CCNC(=NCc1cccc(OCC)c1OC(F)F)NCCc1cn2cccc(C)c2n1.I. The van der Waals surface area contributed by atoms with E-state index in [0.29, 0.717) is 37.6 Å². The Bertz CT molecular complexity index is 1060. The number of benzene rings is 1. The largest absolute Gasteiger partial charge is 0.490 e. The van der Waals surface area contributed by atoms with Crippen LogP contribution >= 0.6 is 24.0 Å². The molecule has 2 aromatic heterocycles. The van der Waals surface area contributed by atoms with E-state index >= 15 is 0 Å². The molecule has 0 radical (unpaired) electrons. The highest BCUT2D eigenvalue weighted by atomic mass is 127. The number of rotatable bonds is 10. The zero-order chi connectivity index (χ0) is 22.9. The molecule has 7 nitrogen and oxygen atoms in total. The number of pyridine rings is 1. The Kier molecular flexibility index (Phi) is 10.6. The van der Waals surface area contributed by atoms with Gasteiger partial charge < -0.3 is 24.5 Å². The van der Waals surface area contributed by atoms with E-state index in [-0.39, 0.29) is 42.0 Å². The third-order valence-corrected chi connectivity index (χ3v) is 4.72. The lowest BCUT2D eigenvalue weighted by Crippen LogP contribution is -2.38. The molecule has 0 spiro atoms. The summed E-state index contributed by atoms with van der Waals surface area (Å²) in [5.41, 5.74) is 3.56. The number of aliphatic imine (C=N–C) groups is 1. The number of ether oxygens (including phenoxy) is 2. The molecule has 0 saturated carbocycles. The molecule has 0 bridgehead atoms. The van der Waals surface area contributed by atoms with Crippen LogP contribution in [-0.2, 0) is 13.0 Å². The van der Waals surface area contributed by atoms with Crippen molar-refractivity contribution in [2.45, 2.75) is 40.3 Å². The number of imidazole rings is 1. The van der Waals surface area contributed by atoms with Gasteiger partial charge in [-0.05, 0) is 38.5 Å². The van der Waals surface area contributed by atoms with Gasteiger partial charge >= 0.3 is 6.61 Å². The molecule has 0 unspecified atom stereocenters. The minimum Gasteiger partial charge on any atom is -0.490 e. The number of hydrogen-bond acceptors (Lipinski definition) is 4. The Morgan fingerprint density at radius 1 is 1.18 bits per heavy atom. The highest BCUT2D eigenvalue weighted by Crippen LogP contribution is 2.33. The van der Waals surface area contributed by atoms with Crippen molar-refractivity contribution in [1.82, 2.24) is 20.0 Å². The van der Waals surface area contributed by atoms with E-state index in [1.165, 1.54) is 0 Å². The number of aromatic nitrogens is 2. The van der Waals surface area contributed by atoms with Gasteiger partial charge in [0.05, 0.1) is 18.8 Å². The number of guanidine groups is 1. The van der Waals surface area contributed by atoms with E-state index < -0.39 is 6.61 Å². The van der Waals surface area contributed by atoms with Crippen LogP contribution in [0.5, 0.6) is 11.5 Å². The molecule has 0 aliphatic heterocycles. The van der Waals surface area contributed by atoms with Crippen molar-refractivity contribution >= 4 is 35.6 Å². The van der Waals surface area contributed by atoms with E-state index in [9.17, 15) is 8.78 Å². The molecule has 2 N–H and O–H groups in total. The maximum absolute atomic E-state index is 12.9. The summed E-state index contributed by atoms with van der Waals surface area (Å²) < 4.78 is 38.0. The lowest BCUT2D eigenvalue weighted by Gasteiger charge is -2.15. The predicted octanol–water partition coefficient (Wildman–Crippen LogP) is 4.56. The quantitative estimate of drug-likeness (QED) is 0.212. The summed E-state index contributed by atoms with van der Waals surface area (Å²) in [7, 11) is 0. The van der Waals surface area contributed by atoms with Crippen LogP contribution in [0.15, 0.2) is 47.7 Å². The van der Waals surface area contributed by atoms with Crippen LogP contribution in [0.4, 0.5) is 8.78 Å². The van der Waals surface area contributed by atoms with Crippen molar-refractivity contribution in [1.29, 1.82) is 0 Å². The average Bonchev–Trinajstić information content (AvgIpc) is 3.18. The molecule has 2 heterocycles. The van der Waals surface area contributed by atoms with Gasteiger partial charge in [0, 0.05) is 37.5 Å². The highest BCUT2D eigenvalue weighted by molar-refractivity contribution is 14.0. The second-order valence-corrected chi connectivity index (χ2v) is 7.08. The number of nitrogens with one attached hydrogen (secondary N) is 2. The number of aryl methyl sites for hydroxylation is 1. The molecule has 3 aromatic rings. The zero-order valence-corrected chi connectivity index (χ0v) is 21.3. The molecule has 33 heavy (non-hydrogen) atoms. The molecule has 0 amide bonds. The molecule has 1 aromatic carbocycles. The summed E-state index contributed by atoms with van der Waals surface area (Å²) in [6.07, 6.45) is 4.71. The smallest absolute Gasteiger partial charge is 0.387 e. The molecule has 0 saturated heterocycles. The summed E-state index contributed by atoms with van der Waals surface area (Å²) in [6, 6.07) is 9.07. The lowest BCUT2D eigenvalue weighted by atomic mass is 10.2. The molecule has 3 rings (SSSR count). The molecule has 0 fully saturated rings. The lowest BCUT2D eigenvalue weighted by molar-refractivity contribution is -0.0520. The van der Waals surface area contributed by atoms with Gasteiger partial charge in [-0.15, -0.1) is 24.0 Å². The van der Waals surface area contributed by atoms with Gasteiger partial charge in [0.1, 0.15) is 5.65 Å².